The summed E-state index contributed by atoms with van der Waals surface area (Å²) < 4.78 is 0. The van der Waals surface area contributed by atoms with Crippen LogP contribution >= 0.6 is 0 Å². The lowest BCUT2D eigenvalue weighted by Crippen LogP contribution is -2.45. The molecule has 0 saturated heterocycles. The molecule has 2 aromatic rings. The van der Waals surface area contributed by atoms with Gasteiger partial charge in [-0.2, -0.15) is 5.10 Å². The first-order valence-corrected chi connectivity index (χ1v) is 9.84. The lowest BCUT2D eigenvalue weighted by atomic mass is 9.87. The Bertz CT molecular complexity index is 1050. The normalized spacial score (nSPS) is 15.0. The Morgan fingerprint density at radius 2 is 1.90 bits per heavy atom. The number of benzene rings is 2. The van der Waals surface area contributed by atoms with Gasteiger partial charge in [-0.1, -0.05) is 6.08 Å². The van der Waals surface area contributed by atoms with Gasteiger partial charge >= 0.3 is 0 Å². The summed E-state index contributed by atoms with van der Waals surface area (Å²) >= 11 is 0. The van der Waals surface area contributed by atoms with E-state index < -0.39 is 10.8 Å². The van der Waals surface area contributed by atoms with Crippen LogP contribution in [0, 0.1) is 17.0 Å². The summed E-state index contributed by atoms with van der Waals surface area (Å²) in [5, 5.41) is 14.8. The van der Waals surface area contributed by atoms with E-state index in [2.05, 4.69) is 61.3 Å². The number of hydrazone groups is 1. The first-order chi connectivity index (χ1) is 14.1. The highest BCUT2D eigenvalue weighted by Gasteiger charge is 2.30. The van der Waals surface area contributed by atoms with E-state index in [0.29, 0.717) is 5.56 Å². The fraction of sp³-hybridized carbons (Fsp3) is 0.304. The molecule has 1 amide bonds. The number of nitrogens with one attached hydrogen (secondary N) is 1. The average molecular weight is 406 g/mol. The van der Waals surface area contributed by atoms with Crippen LogP contribution in [-0.4, -0.2) is 29.1 Å². The van der Waals surface area contributed by atoms with Crippen molar-refractivity contribution in [2.75, 3.05) is 11.4 Å². The molecule has 3 rings (SSSR count). The molecule has 30 heavy (non-hydrogen) atoms. The molecule has 2 aromatic carbocycles. The van der Waals surface area contributed by atoms with Crippen LogP contribution in [0.5, 0.6) is 0 Å². The van der Waals surface area contributed by atoms with Gasteiger partial charge in [0.15, 0.2) is 0 Å². The molecule has 0 radical (unpaired) electrons. The second-order valence-corrected chi connectivity index (χ2v) is 7.95. The van der Waals surface area contributed by atoms with Crippen molar-refractivity contribution in [3.8, 4) is 0 Å². The fourth-order valence-electron chi connectivity index (χ4n) is 3.92. The number of amides is 1. The van der Waals surface area contributed by atoms with Gasteiger partial charge in [-0.05, 0) is 75.6 Å². The molecule has 0 atom stereocenters. The van der Waals surface area contributed by atoms with Crippen LogP contribution in [0.3, 0.4) is 0 Å². The highest BCUT2D eigenvalue weighted by Crippen LogP contribution is 2.39. The van der Waals surface area contributed by atoms with Crippen molar-refractivity contribution in [2.24, 2.45) is 5.10 Å². The number of non-ortho nitro benzene ring substituents is 1. The van der Waals surface area contributed by atoms with E-state index in [1.165, 1.54) is 35.5 Å². The fourth-order valence-corrected chi connectivity index (χ4v) is 3.92. The number of hydrogen-bond acceptors (Lipinski definition) is 5. The lowest BCUT2D eigenvalue weighted by Gasteiger charge is -2.43. The number of rotatable bonds is 5. The molecule has 1 aliphatic rings. The number of nitro benzene ring substituents is 1. The van der Waals surface area contributed by atoms with Gasteiger partial charge in [0.05, 0.1) is 16.7 Å². The second kappa shape index (κ2) is 8.10. The molecule has 0 bridgehead atoms. The predicted molar refractivity (Wildman–Crippen MR) is 120 cm³/mol. The van der Waals surface area contributed by atoms with Crippen LogP contribution < -0.4 is 10.3 Å². The molecule has 7 heteroatoms. The summed E-state index contributed by atoms with van der Waals surface area (Å²) in [5.74, 6) is -0.424. The number of carbonyl (C=O) groups excluding carboxylic acids is 1. The molecule has 156 valence electrons. The van der Waals surface area contributed by atoms with Crippen molar-refractivity contribution in [2.45, 2.75) is 40.2 Å². The standard InChI is InChI=1S/C23H26N4O3/c1-6-26-21-11-15(2)18(12-20(21)16(3)13-23(26,4)5)14-24-25-22(28)17-7-9-19(10-8-17)27(29)30/h7-14H,6H2,1-5H3,(H,25,28)/b24-14-. The quantitative estimate of drug-likeness (QED) is 0.443. The summed E-state index contributed by atoms with van der Waals surface area (Å²) in [6.45, 7) is 11.6. The molecule has 0 saturated carbocycles. The zero-order valence-electron chi connectivity index (χ0n) is 17.9. The maximum Gasteiger partial charge on any atom is 0.271 e. The molecule has 1 heterocycles. The van der Waals surface area contributed by atoms with E-state index in [0.717, 1.165) is 23.2 Å². The Morgan fingerprint density at radius 3 is 2.50 bits per heavy atom. The van der Waals surface area contributed by atoms with Crippen molar-refractivity contribution >= 4 is 29.1 Å². The van der Waals surface area contributed by atoms with Crippen LogP contribution in [0.25, 0.3) is 5.57 Å². The van der Waals surface area contributed by atoms with Gasteiger partial charge in [0.25, 0.3) is 11.6 Å². The van der Waals surface area contributed by atoms with Crippen LogP contribution in [0.1, 0.15) is 54.7 Å². The first kappa shape index (κ1) is 21.2. The summed E-state index contributed by atoms with van der Waals surface area (Å²) in [6, 6.07) is 9.65. The monoisotopic (exact) mass is 406 g/mol. The number of fused-ring (bicyclic) bond motifs is 1. The summed E-state index contributed by atoms with van der Waals surface area (Å²) in [5.41, 5.74) is 8.23. The minimum Gasteiger partial charge on any atom is -0.363 e. The Labute approximate surface area is 176 Å². The molecule has 0 fully saturated rings. The Kier molecular flexibility index (Phi) is 5.73. The largest absolute Gasteiger partial charge is 0.363 e. The van der Waals surface area contributed by atoms with Gasteiger partial charge in [-0.25, -0.2) is 5.43 Å². The van der Waals surface area contributed by atoms with E-state index in [1.807, 2.05) is 6.92 Å². The number of nitrogens with zero attached hydrogens (tertiary/aromatic N) is 3. The van der Waals surface area contributed by atoms with Gasteiger partial charge < -0.3 is 4.90 Å². The first-order valence-electron chi connectivity index (χ1n) is 9.84. The number of allylic oxidation sites excluding steroid dienone is 1. The third kappa shape index (κ3) is 4.10. The summed E-state index contributed by atoms with van der Waals surface area (Å²) in [4.78, 5) is 24.8. The van der Waals surface area contributed by atoms with Gasteiger partial charge in [-0.3, -0.25) is 14.9 Å². The third-order valence-corrected chi connectivity index (χ3v) is 5.39. The van der Waals surface area contributed by atoms with E-state index in [9.17, 15) is 14.9 Å². The van der Waals surface area contributed by atoms with Crippen molar-refractivity contribution in [3.05, 3.63) is 74.8 Å². The maximum absolute atomic E-state index is 12.2. The van der Waals surface area contributed by atoms with Crippen LogP contribution in [0.15, 0.2) is 47.6 Å². The number of likely N-dealkylation sites (N-methyl/N-ethyl adjacent to an activating group) is 1. The predicted octanol–water partition coefficient (Wildman–Crippen LogP) is 4.69. The number of aryl methyl sites for hydroxylation is 1. The number of hydrogen-bond donors (Lipinski definition) is 1. The average Bonchev–Trinajstić information content (AvgIpc) is 2.68. The number of anilines is 1. The molecule has 0 aliphatic carbocycles. The van der Waals surface area contributed by atoms with Crippen molar-refractivity contribution in [3.63, 3.8) is 0 Å². The molecular weight excluding hydrogens is 380 g/mol. The van der Waals surface area contributed by atoms with Gasteiger partial charge in [0, 0.05) is 35.5 Å². The highest BCUT2D eigenvalue weighted by molar-refractivity contribution is 5.95. The summed E-state index contributed by atoms with van der Waals surface area (Å²) in [6.07, 6.45) is 3.90. The topological polar surface area (TPSA) is 87.8 Å². The maximum atomic E-state index is 12.2. The van der Waals surface area contributed by atoms with Gasteiger partial charge in [0.2, 0.25) is 0 Å². The van der Waals surface area contributed by atoms with E-state index >= 15 is 0 Å². The van der Waals surface area contributed by atoms with E-state index in [4.69, 9.17) is 0 Å². The zero-order valence-corrected chi connectivity index (χ0v) is 17.9. The second-order valence-electron chi connectivity index (χ2n) is 7.95. The van der Waals surface area contributed by atoms with Crippen molar-refractivity contribution < 1.29 is 9.72 Å². The SMILES string of the molecule is CCN1c2cc(C)c(/C=N\NC(=O)c3ccc([N+](=O)[O-])cc3)cc2C(C)=CC1(C)C. The molecule has 1 N–H and O–H groups in total. The molecule has 0 aromatic heterocycles. The molecular formula is C23H26N4O3. The van der Waals surface area contributed by atoms with Crippen molar-refractivity contribution in [1.82, 2.24) is 5.43 Å². The van der Waals surface area contributed by atoms with Crippen LogP contribution in [0.2, 0.25) is 0 Å². The molecule has 0 spiro atoms. The summed E-state index contributed by atoms with van der Waals surface area (Å²) in [7, 11) is 0. The number of nitro groups is 1. The molecule has 1 aliphatic heterocycles. The highest BCUT2D eigenvalue weighted by atomic mass is 16.6. The van der Waals surface area contributed by atoms with Crippen LogP contribution in [0.4, 0.5) is 11.4 Å². The lowest BCUT2D eigenvalue weighted by molar-refractivity contribution is -0.384. The van der Waals surface area contributed by atoms with Gasteiger partial charge in [0.1, 0.15) is 0 Å². The Hall–Kier alpha value is -3.48. The molecule has 7 nitrogen and oxygen atoms in total. The van der Waals surface area contributed by atoms with E-state index in [-0.39, 0.29) is 11.2 Å². The third-order valence-electron chi connectivity index (χ3n) is 5.39. The van der Waals surface area contributed by atoms with Crippen molar-refractivity contribution in [1.29, 1.82) is 0 Å². The smallest absolute Gasteiger partial charge is 0.271 e. The minimum absolute atomic E-state index is 0.0490. The molecule has 0 unspecified atom stereocenters. The van der Waals surface area contributed by atoms with Gasteiger partial charge in [-0.15, -0.1) is 0 Å². The number of carbonyl (C=O) groups is 1. The van der Waals surface area contributed by atoms with Crippen LogP contribution in [-0.2, 0) is 0 Å². The van der Waals surface area contributed by atoms with E-state index in [1.54, 1.807) is 6.21 Å². The minimum atomic E-state index is -0.504. The Balaban J connectivity index is 1.81. The zero-order chi connectivity index (χ0) is 22.1. The Morgan fingerprint density at radius 1 is 1.23 bits per heavy atom.